The summed E-state index contributed by atoms with van der Waals surface area (Å²) in [6.07, 6.45) is 0.927. The minimum Gasteiger partial charge on any atom is -0.478 e. The number of nitrogens with zero attached hydrogens (tertiary/aromatic N) is 2. The zero-order valence-corrected chi connectivity index (χ0v) is 9.73. The zero-order chi connectivity index (χ0) is 11.8. The molecule has 1 aromatic heterocycles. The average Bonchev–Trinajstić information content (AvgIpc) is 2.28. The van der Waals surface area contributed by atoms with Gasteiger partial charge in [-0.1, -0.05) is 19.9 Å². The van der Waals surface area contributed by atoms with Crippen LogP contribution in [0.5, 0.6) is 5.88 Å². The van der Waals surface area contributed by atoms with Crippen molar-refractivity contribution in [3.8, 4) is 11.9 Å². The molecule has 0 aliphatic carbocycles. The topological polar surface area (TPSA) is 57.9 Å². The lowest BCUT2D eigenvalue weighted by Gasteiger charge is -2.08. The van der Waals surface area contributed by atoms with Crippen LogP contribution in [0.2, 0.25) is 0 Å². The van der Waals surface area contributed by atoms with Crippen LogP contribution in [0.4, 0.5) is 0 Å². The molecule has 0 saturated heterocycles. The van der Waals surface area contributed by atoms with Gasteiger partial charge in [0.05, 0.1) is 6.61 Å². The normalized spacial score (nSPS) is 10.1. The van der Waals surface area contributed by atoms with Crippen molar-refractivity contribution in [2.45, 2.75) is 26.3 Å². The summed E-state index contributed by atoms with van der Waals surface area (Å²) in [6.45, 7) is 5.76. The number of rotatable bonds is 6. The van der Waals surface area contributed by atoms with Gasteiger partial charge in [-0.25, -0.2) is 4.98 Å². The van der Waals surface area contributed by atoms with Gasteiger partial charge < -0.3 is 10.1 Å². The summed E-state index contributed by atoms with van der Waals surface area (Å²) in [4.78, 5) is 4.02. The molecule has 0 unspecified atom stereocenters. The van der Waals surface area contributed by atoms with E-state index < -0.39 is 0 Å². The largest absolute Gasteiger partial charge is 0.478 e. The zero-order valence-electron chi connectivity index (χ0n) is 9.73. The van der Waals surface area contributed by atoms with Crippen molar-refractivity contribution < 1.29 is 4.74 Å². The summed E-state index contributed by atoms with van der Waals surface area (Å²) in [5.74, 6) is 0.517. The molecule has 1 heterocycles. The Bertz CT molecular complexity index is 358. The molecule has 1 aromatic rings. The first kappa shape index (κ1) is 12.5. The van der Waals surface area contributed by atoms with Crippen LogP contribution in [0.1, 0.15) is 26.0 Å². The standard InChI is InChI=1S/C12H17N3O/c1-10(2)14-7-4-8-16-12-6-3-5-11(9-13)15-12/h3,5-6,10,14H,4,7-8H2,1-2H3. The van der Waals surface area contributed by atoms with E-state index in [-0.39, 0.29) is 0 Å². The van der Waals surface area contributed by atoms with E-state index in [1.165, 1.54) is 0 Å². The van der Waals surface area contributed by atoms with Crippen LogP contribution < -0.4 is 10.1 Å². The van der Waals surface area contributed by atoms with Crippen LogP contribution in [0.15, 0.2) is 18.2 Å². The van der Waals surface area contributed by atoms with Crippen molar-refractivity contribution in [1.82, 2.24) is 10.3 Å². The maximum Gasteiger partial charge on any atom is 0.214 e. The van der Waals surface area contributed by atoms with Crippen molar-refractivity contribution >= 4 is 0 Å². The molecule has 0 saturated carbocycles. The highest BCUT2D eigenvalue weighted by molar-refractivity contribution is 5.24. The maximum atomic E-state index is 8.65. The first-order valence-electron chi connectivity index (χ1n) is 5.45. The predicted molar refractivity (Wildman–Crippen MR) is 62.2 cm³/mol. The van der Waals surface area contributed by atoms with Crippen molar-refractivity contribution in [3.63, 3.8) is 0 Å². The molecule has 4 heteroatoms. The van der Waals surface area contributed by atoms with Crippen LogP contribution in [-0.2, 0) is 0 Å². The summed E-state index contributed by atoms with van der Waals surface area (Å²) in [6, 6.07) is 7.67. The molecule has 0 amide bonds. The highest BCUT2D eigenvalue weighted by Gasteiger charge is 1.97. The van der Waals surface area contributed by atoms with Gasteiger partial charge in [0.1, 0.15) is 11.8 Å². The molecule has 86 valence electrons. The minimum atomic E-state index is 0.387. The number of ether oxygens (including phenoxy) is 1. The predicted octanol–water partition coefficient (Wildman–Crippen LogP) is 1.72. The van der Waals surface area contributed by atoms with Gasteiger partial charge in [0, 0.05) is 12.1 Å². The minimum absolute atomic E-state index is 0.387. The van der Waals surface area contributed by atoms with E-state index >= 15 is 0 Å². The Morgan fingerprint density at radius 1 is 1.50 bits per heavy atom. The van der Waals surface area contributed by atoms with Gasteiger partial charge in [0.25, 0.3) is 0 Å². The van der Waals surface area contributed by atoms with Crippen LogP contribution in [0, 0.1) is 11.3 Å². The van der Waals surface area contributed by atoms with Crippen molar-refractivity contribution in [3.05, 3.63) is 23.9 Å². The SMILES string of the molecule is CC(C)NCCCOc1cccc(C#N)n1. The first-order valence-corrected chi connectivity index (χ1v) is 5.45. The average molecular weight is 219 g/mol. The van der Waals surface area contributed by atoms with E-state index in [9.17, 15) is 0 Å². The number of aromatic nitrogens is 1. The molecular weight excluding hydrogens is 202 g/mol. The summed E-state index contributed by atoms with van der Waals surface area (Å²) in [7, 11) is 0. The van der Waals surface area contributed by atoms with Crippen molar-refractivity contribution in [2.24, 2.45) is 0 Å². The summed E-state index contributed by atoms with van der Waals surface area (Å²) < 4.78 is 5.43. The Morgan fingerprint density at radius 2 is 2.31 bits per heavy atom. The van der Waals surface area contributed by atoms with E-state index in [1.54, 1.807) is 18.2 Å². The van der Waals surface area contributed by atoms with Gasteiger partial charge in [-0.05, 0) is 19.0 Å². The Labute approximate surface area is 96.3 Å². The molecule has 16 heavy (non-hydrogen) atoms. The molecule has 0 spiro atoms. The fourth-order valence-corrected chi connectivity index (χ4v) is 1.20. The smallest absolute Gasteiger partial charge is 0.214 e. The molecular formula is C12H17N3O. The number of hydrogen-bond acceptors (Lipinski definition) is 4. The second kappa shape index (κ2) is 6.81. The lowest BCUT2D eigenvalue weighted by atomic mass is 10.3. The van der Waals surface area contributed by atoms with Crippen molar-refractivity contribution in [2.75, 3.05) is 13.2 Å². The Kier molecular flexibility index (Phi) is 5.30. The Hall–Kier alpha value is -1.60. The molecule has 0 atom stereocenters. The van der Waals surface area contributed by atoms with Gasteiger partial charge in [-0.2, -0.15) is 5.26 Å². The fraction of sp³-hybridized carbons (Fsp3) is 0.500. The molecule has 0 aliphatic heterocycles. The van der Waals surface area contributed by atoms with E-state index in [2.05, 4.69) is 24.1 Å². The monoisotopic (exact) mass is 219 g/mol. The third kappa shape index (κ3) is 4.76. The number of pyridine rings is 1. The highest BCUT2D eigenvalue weighted by Crippen LogP contribution is 2.06. The fourth-order valence-electron chi connectivity index (χ4n) is 1.20. The number of nitriles is 1. The lowest BCUT2D eigenvalue weighted by Crippen LogP contribution is -2.24. The Morgan fingerprint density at radius 3 is 3.00 bits per heavy atom. The molecule has 0 fully saturated rings. The maximum absolute atomic E-state index is 8.65. The second-order valence-corrected chi connectivity index (χ2v) is 3.78. The third-order valence-electron chi connectivity index (χ3n) is 1.96. The van der Waals surface area contributed by atoms with Gasteiger partial charge in [0.15, 0.2) is 0 Å². The number of hydrogen-bond donors (Lipinski definition) is 1. The molecule has 4 nitrogen and oxygen atoms in total. The van der Waals surface area contributed by atoms with E-state index in [0.29, 0.717) is 24.2 Å². The first-order chi connectivity index (χ1) is 7.72. The molecule has 0 aromatic carbocycles. The van der Waals surface area contributed by atoms with E-state index in [1.807, 2.05) is 6.07 Å². The summed E-state index contributed by atoms with van der Waals surface area (Å²) >= 11 is 0. The third-order valence-corrected chi connectivity index (χ3v) is 1.96. The van der Waals surface area contributed by atoms with E-state index in [0.717, 1.165) is 13.0 Å². The molecule has 1 rings (SSSR count). The molecule has 1 N–H and O–H groups in total. The summed E-state index contributed by atoms with van der Waals surface area (Å²) in [5, 5.41) is 12.0. The van der Waals surface area contributed by atoms with Crippen molar-refractivity contribution in [1.29, 1.82) is 5.26 Å². The quantitative estimate of drug-likeness (QED) is 0.740. The lowest BCUT2D eigenvalue weighted by molar-refractivity contribution is 0.295. The van der Waals surface area contributed by atoms with Crippen LogP contribution >= 0.6 is 0 Å². The van der Waals surface area contributed by atoms with Gasteiger partial charge in [-0.15, -0.1) is 0 Å². The highest BCUT2D eigenvalue weighted by atomic mass is 16.5. The van der Waals surface area contributed by atoms with E-state index in [4.69, 9.17) is 10.00 Å². The van der Waals surface area contributed by atoms with Crippen LogP contribution in [0.25, 0.3) is 0 Å². The van der Waals surface area contributed by atoms with Crippen LogP contribution in [0.3, 0.4) is 0 Å². The van der Waals surface area contributed by atoms with Gasteiger partial charge >= 0.3 is 0 Å². The molecule has 0 bridgehead atoms. The second-order valence-electron chi connectivity index (χ2n) is 3.78. The van der Waals surface area contributed by atoms with Crippen LogP contribution in [-0.4, -0.2) is 24.2 Å². The van der Waals surface area contributed by atoms with Gasteiger partial charge in [0.2, 0.25) is 5.88 Å². The molecule has 0 aliphatic rings. The molecule has 0 radical (unpaired) electrons. The van der Waals surface area contributed by atoms with Gasteiger partial charge in [-0.3, -0.25) is 0 Å². The number of nitrogens with one attached hydrogen (secondary N) is 1. The summed E-state index contributed by atoms with van der Waals surface area (Å²) in [5.41, 5.74) is 0.387. The Balaban J connectivity index is 2.24.